The maximum atomic E-state index is 13.7. The van der Waals surface area contributed by atoms with Crippen molar-refractivity contribution in [2.75, 3.05) is 5.32 Å². The fraction of sp³-hybridized carbons (Fsp3) is 0.200. The van der Waals surface area contributed by atoms with Gasteiger partial charge in [-0.2, -0.15) is 18.3 Å². The Morgan fingerprint density at radius 3 is 2.59 bits per heavy atom. The molecule has 1 N–H and O–H groups in total. The molecular weight excluding hydrogens is 436 g/mol. The van der Waals surface area contributed by atoms with Crippen molar-refractivity contribution in [1.82, 2.24) is 24.5 Å². The van der Waals surface area contributed by atoms with Crippen molar-refractivity contribution in [3.8, 4) is 0 Å². The van der Waals surface area contributed by atoms with Gasteiger partial charge in [0.1, 0.15) is 12.1 Å². The Kier molecular flexibility index (Phi) is 5.00. The molecule has 2 heterocycles. The van der Waals surface area contributed by atoms with E-state index in [1.807, 2.05) is 0 Å². The van der Waals surface area contributed by atoms with Crippen molar-refractivity contribution in [2.45, 2.75) is 12.7 Å². The molecule has 0 bridgehead atoms. The van der Waals surface area contributed by atoms with Crippen LogP contribution in [-0.2, 0) is 19.8 Å². The lowest BCUT2D eigenvalue weighted by molar-refractivity contribution is -0.144. The Labute approximate surface area is 158 Å². The molecule has 0 saturated heterocycles. The van der Waals surface area contributed by atoms with Crippen LogP contribution in [0.2, 0.25) is 0 Å². The number of carbonyl (C=O) groups is 1. The number of hydrogen-bond donors (Lipinski definition) is 1. The van der Waals surface area contributed by atoms with Gasteiger partial charge >= 0.3 is 6.18 Å². The van der Waals surface area contributed by atoms with Crippen LogP contribution in [0.15, 0.2) is 35.1 Å². The fourth-order valence-corrected chi connectivity index (χ4v) is 3.08. The van der Waals surface area contributed by atoms with Crippen molar-refractivity contribution in [3.63, 3.8) is 0 Å². The Bertz CT molecular complexity index is 997. The van der Waals surface area contributed by atoms with Crippen LogP contribution in [-0.4, -0.2) is 30.5 Å². The summed E-state index contributed by atoms with van der Waals surface area (Å²) in [6, 6.07) is 6.07. The molecule has 0 aliphatic heterocycles. The van der Waals surface area contributed by atoms with Crippen LogP contribution in [0.1, 0.15) is 21.7 Å². The maximum Gasteiger partial charge on any atom is 0.434 e. The standard InChI is InChI=1S/C15H11BrF4N6O/c1-25-12(15(18,19)20)10(16)11(23-25)13(27)22-14-21-7-26(24-14)6-8-4-2-3-5-9(8)17/h2-5,7H,6H2,1H3,(H,22,24,27). The number of amides is 1. The lowest BCUT2D eigenvalue weighted by Gasteiger charge is -2.06. The van der Waals surface area contributed by atoms with Gasteiger partial charge < -0.3 is 0 Å². The Morgan fingerprint density at radius 2 is 1.96 bits per heavy atom. The first kappa shape index (κ1) is 19.0. The fourth-order valence-electron chi connectivity index (χ4n) is 2.34. The number of nitrogens with one attached hydrogen (secondary N) is 1. The topological polar surface area (TPSA) is 77.6 Å². The van der Waals surface area contributed by atoms with Crippen LogP contribution in [0, 0.1) is 5.82 Å². The molecule has 0 fully saturated rings. The summed E-state index contributed by atoms with van der Waals surface area (Å²) in [4.78, 5) is 16.1. The van der Waals surface area contributed by atoms with Gasteiger partial charge in [0.25, 0.3) is 5.91 Å². The number of nitrogens with zero attached hydrogens (tertiary/aromatic N) is 5. The van der Waals surface area contributed by atoms with Crippen molar-refractivity contribution in [1.29, 1.82) is 0 Å². The number of benzene rings is 1. The third-order valence-corrected chi connectivity index (χ3v) is 4.28. The van der Waals surface area contributed by atoms with E-state index < -0.39 is 33.8 Å². The summed E-state index contributed by atoms with van der Waals surface area (Å²) < 4.78 is 53.9. The summed E-state index contributed by atoms with van der Waals surface area (Å²) in [6.45, 7) is 0.0705. The minimum Gasteiger partial charge on any atom is -0.288 e. The van der Waals surface area contributed by atoms with E-state index in [2.05, 4.69) is 36.4 Å². The van der Waals surface area contributed by atoms with Gasteiger partial charge in [-0.25, -0.2) is 14.1 Å². The van der Waals surface area contributed by atoms with Gasteiger partial charge in [-0.3, -0.25) is 14.8 Å². The number of hydrogen-bond acceptors (Lipinski definition) is 4. The smallest absolute Gasteiger partial charge is 0.288 e. The summed E-state index contributed by atoms with van der Waals surface area (Å²) in [6.07, 6.45) is -3.42. The normalized spacial score (nSPS) is 11.6. The molecule has 7 nitrogen and oxygen atoms in total. The highest BCUT2D eigenvalue weighted by Gasteiger charge is 2.39. The van der Waals surface area contributed by atoms with Gasteiger partial charge in [-0.05, 0) is 22.0 Å². The SMILES string of the molecule is Cn1nc(C(=O)Nc2ncn(Cc3ccccc3F)n2)c(Br)c1C(F)(F)F. The van der Waals surface area contributed by atoms with E-state index in [0.717, 1.165) is 7.05 Å². The van der Waals surface area contributed by atoms with E-state index in [4.69, 9.17) is 0 Å². The molecule has 0 unspecified atom stereocenters. The first-order chi connectivity index (χ1) is 12.7. The number of aromatic nitrogens is 5. The molecular formula is C15H11BrF4N6O. The van der Waals surface area contributed by atoms with E-state index in [1.54, 1.807) is 18.2 Å². The average molecular weight is 447 g/mol. The lowest BCUT2D eigenvalue weighted by Crippen LogP contribution is -2.15. The first-order valence-corrected chi connectivity index (χ1v) is 8.20. The molecule has 0 radical (unpaired) electrons. The average Bonchev–Trinajstić information content (AvgIpc) is 3.12. The zero-order chi connectivity index (χ0) is 19.8. The molecule has 1 aromatic carbocycles. The molecule has 3 aromatic rings. The summed E-state index contributed by atoms with van der Waals surface area (Å²) in [5.74, 6) is -1.49. The molecule has 0 aliphatic rings. The second-order valence-electron chi connectivity index (χ2n) is 5.44. The van der Waals surface area contributed by atoms with Crippen LogP contribution in [0.5, 0.6) is 0 Å². The highest BCUT2D eigenvalue weighted by atomic mass is 79.9. The molecule has 12 heteroatoms. The van der Waals surface area contributed by atoms with Gasteiger partial charge in [0, 0.05) is 12.6 Å². The van der Waals surface area contributed by atoms with Gasteiger partial charge in [0.05, 0.1) is 11.0 Å². The molecule has 2 aromatic heterocycles. The van der Waals surface area contributed by atoms with Gasteiger partial charge in [-0.1, -0.05) is 18.2 Å². The largest absolute Gasteiger partial charge is 0.434 e. The maximum absolute atomic E-state index is 13.7. The van der Waals surface area contributed by atoms with Gasteiger partial charge in [0.2, 0.25) is 5.95 Å². The predicted octanol–water partition coefficient (Wildman–Crippen LogP) is 3.23. The van der Waals surface area contributed by atoms with Crippen molar-refractivity contribution >= 4 is 27.8 Å². The number of rotatable bonds is 4. The van der Waals surface area contributed by atoms with Crippen LogP contribution >= 0.6 is 15.9 Å². The quantitative estimate of drug-likeness (QED) is 0.624. The Morgan fingerprint density at radius 1 is 1.26 bits per heavy atom. The summed E-state index contributed by atoms with van der Waals surface area (Å²) in [7, 11) is 1.08. The van der Waals surface area contributed by atoms with Crippen LogP contribution in [0.25, 0.3) is 0 Å². The zero-order valence-electron chi connectivity index (χ0n) is 13.6. The summed E-state index contributed by atoms with van der Waals surface area (Å²) >= 11 is 2.76. The number of alkyl halides is 3. The molecule has 27 heavy (non-hydrogen) atoms. The van der Waals surface area contributed by atoms with E-state index >= 15 is 0 Å². The van der Waals surface area contributed by atoms with Crippen molar-refractivity contribution in [2.24, 2.45) is 7.05 Å². The van der Waals surface area contributed by atoms with Gasteiger partial charge in [0.15, 0.2) is 11.4 Å². The number of anilines is 1. The number of carbonyl (C=O) groups excluding carboxylic acids is 1. The van der Waals surface area contributed by atoms with E-state index in [9.17, 15) is 22.4 Å². The molecule has 3 rings (SSSR count). The third kappa shape index (κ3) is 3.99. The Hall–Kier alpha value is -2.76. The predicted molar refractivity (Wildman–Crippen MR) is 89.4 cm³/mol. The molecule has 0 atom stereocenters. The minimum absolute atomic E-state index is 0.0705. The zero-order valence-corrected chi connectivity index (χ0v) is 15.2. The van der Waals surface area contributed by atoms with E-state index in [1.165, 1.54) is 17.1 Å². The molecule has 1 amide bonds. The first-order valence-electron chi connectivity index (χ1n) is 7.40. The highest BCUT2D eigenvalue weighted by Crippen LogP contribution is 2.36. The monoisotopic (exact) mass is 446 g/mol. The highest BCUT2D eigenvalue weighted by molar-refractivity contribution is 9.10. The van der Waals surface area contributed by atoms with Gasteiger partial charge in [-0.15, -0.1) is 5.10 Å². The third-order valence-electron chi connectivity index (χ3n) is 3.52. The van der Waals surface area contributed by atoms with Crippen LogP contribution in [0.3, 0.4) is 0 Å². The van der Waals surface area contributed by atoms with E-state index in [0.29, 0.717) is 10.2 Å². The second-order valence-corrected chi connectivity index (χ2v) is 6.24. The van der Waals surface area contributed by atoms with Crippen molar-refractivity contribution in [3.05, 3.63) is 57.8 Å². The van der Waals surface area contributed by atoms with Crippen molar-refractivity contribution < 1.29 is 22.4 Å². The molecule has 0 aliphatic carbocycles. The number of halogens is 5. The summed E-state index contributed by atoms with van der Waals surface area (Å²) in [5.41, 5.74) is -1.19. The minimum atomic E-state index is -4.68. The number of aryl methyl sites for hydroxylation is 1. The molecule has 142 valence electrons. The van der Waals surface area contributed by atoms with Crippen LogP contribution in [0.4, 0.5) is 23.5 Å². The van der Waals surface area contributed by atoms with Crippen LogP contribution < -0.4 is 5.32 Å². The summed E-state index contributed by atoms with van der Waals surface area (Å²) in [5, 5.41) is 9.80. The molecule has 0 spiro atoms. The van der Waals surface area contributed by atoms with E-state index in [-0.39, 0.29) is 12.5 Å². The molecule has 0 saturated carbocycles. The lowest BCUT2D eigenvalue weighted by atomic mass is 10.2. The Balaban J connectivity index is 1.76. The second kappa shape index (κ2) is 7.10.